The Kier molecular flexibility index (Phi) is 3.82. The lowest BCUT2D eigenvalue weighted by molar-refractivity contribution is -0.123. The first-order chi connectivity index (χ1) is 10.6. The molecule has 22 heavy (non-hydrogen) atoms. The number of anilines is 2. The van der Waals surface area contributed by atoms with Crippen LogP contribution in [-0.2, 0) is 9.59 Å². The van der Waals surface area contributed by atoms with Gasteiger partial charge in [-0.1, -0.05) is 0 Å². The minimum Gasteiger partial charge on any atom is -0.353 e. The zero-order valence-corrected chi connectivity index (χ0v) is 12.7. The van der Waals surface area contributed by atoms with Crippen molar-refractivity contribution in [1.82, 2.24) is 20.6 Å². The predicted molar refractivity (Wildman–Crippen MR) is 81.7 cm³/mol. The molecule has 3 heterocycles. The van der Waals surface area contributed by atoms with Crippen molar-refractivity contribution < 1.29 is 9.59 Å². The molecule has 0 radical (unpaired) electrons. The third-order valence-corrected chi connectivity index (χ3v) is 4.22. The molecular weight excluding hydrogens is 284 g/mol. The summed E-state index contributed by atoms with van der Waals surface area (Å²) in [7, 11) is 0. The van der Waals surface area contributed by atoms with E-state index in [1.807, 2.05) is 29.7 Å². The average molecular weight is 304 g/mol. The molecule has 2 aliphatic heterocycles. The second-order valence-electron chi connectivity index (χ2n) is 5.56. The summed E-state index contributed by atoms with van der Waals surface area (Å²) in [5.74, 6) is 1.42. The smallest absolute Gasteiger partial charge is 0.242 e. The molecular formula is C14H20N6O2. The molecule has 1 aromatic rings. The molecule has 118 valence electrons. The van der Waals surface area contributed by atoms with Crippen LogP contribution in [0.1, 0.15) is 13.8 Å². The van der Waals surface area contributed by atoms with Crippen molar-refractivity contribution in [3.05, 3.63) is 12.4 Å². The van der Waals surface area contributed by atoms with Gasteiger partial charge in [-0.2, -0.15) is 0 Å². The highest BCUT2D eigenvalue weighted by Gasteiger charge is 2.29. The summed E-state index contributed by atoms with van der Waals surface area (Å²) in [5, 5.41) is 5.67. The molecule has 0 spiro atoms. The first kappa shape index (κ1) is 14.6. The van der Waals surface area contributed by atoms with Gasteiger partial charge in [-0.3, -0.25) is 9.59 Å². The second-order valence-corrected chi connectivity index (χ2v) is 5.56. The molecule has 0 saturated carbocycles. The highest BCUT2D eigenvalue weighted by atomic mass is 16.2. The van der Waals surface area contributed by atoms with E-state index in [9.17, 15) is 9.59 Å². The van der Waals surface area contributed by atoms with E-state index in [0.717, 1.165) is 0 Å². The van der Waals surface area contributed by atoms with Crippen molar-refractivity contribution in [2.24, 2.45) is 0 Å². The Morgan fingerprint density at radius 1 is 0.955 bits per heavy atom. The largest absolute Gasteiger partial charge is 0.353 e. The quantitative estimate of drug-likeness (QED) is 0.738. The third kappa shape index (κ3) is 2.56. The molecule has 8 nitrogen and oxygen atoms in total. The van der Waals surface area contributed by atoms with E-state index in [2.05, 4.69) is 20.6 Å². The van der Waals surface area contributed by atoms with Crippen LogP contribution in [0.2, 0.25) is 0 Å². The zero-order valence-electron chi connectivity index (χ0n) is 12.7. The number of piperazine rings is 2. The van der Waals surface area contributed by atoms with Gasteiger partial charge in [-0.25, -0.2) is 9.97 Å². The van der Waals surface area contributed by atoms with E-state index >= 15 is 0 Å². The van der Waals surface area contributed by atoms with Gasteiger partial charge in [0.25, 0.3) is 0 Å². The van der Waals surface area contributed by atoms with Crippen LogP contribution in [0.25, 0.3) is 0 Å². The van der Waals surface area contributed by atoms with Crippen LogP contribution in [0.15, 0.2) is 12.4 Å². The fourth-order valence-electron chi connectivity index (χ4n) is 2.84. The Bertz CT molecular complexity index is 545. The Morgan fingerprint density at radius 3 is 1.86 bits per heavy atom. The standard InChI is InChI=1S/C14H20N6O2/c1-9-13(21)15-3-5-19(9)11-7-12(18-8-17-11)20-6-4-16-14(22)10(20)2/h7-10H,3-6H2,1-2H3,(H,15,21)(H,16,22). The van der Waals surface area contributed by atoms with Crippen LogP contribution >= 0.6 is 0 Å². The summed E-state index contributed by atoms with van der Waals surface area (Å²) in [5.41, 5.74) is 0. The van der Waals surface area contributed by atoms with Crippen LogP contribution in [-0.4, -0.2) is 60.0 Å². The molecule has 2 aliphatic rings. The van der Waals surface area contributed by atoms with E-state index < -0.39 is 0 Å². The van der Waals surface area contributed by atoms with Crippen LogP contribution in [0.5, 0.6) is 0 Å². The lowest BCUT2D eigenvalue weighted by Crippen LogP contribution is -2.55. The summed E-state index contributed by atoms with van der Waals surface area (Å²) in [6.45, 7) is 6.33. The molecule has 0 bridgehead atoms. The highest BCUT2D eigenvalue weighted by Crippen LogP contribution is 2.22. The van der Waals surface area contributed by atoms with Crippen LogP contribution in [0, 0.1) is 0 Å². The Labute approximate surface area is 128 Å². The van der Waals surface area contributed by atoms with E-state index in [4.69, 9.17) is 0 Å². The van der Waals surface area contributed by atoms with Gasteiger partial charge < -0.3 is 20.4 Å². The van der Waals surface area contributed by atoms with Gasteiger partial charge in [-0.05, 0) is 13.8 Å². The van der Waals surface area contributed by atoms with Crippen molar-refractivity contribution in [2.75, 3.05) is 36.0 Å². The maximum absolute atomic E-state index is 11.8. The molecule has 2 unspecified atom stereocenters. The summed E-state index contributed by atoms with van der Waals surface area (Å²) < 4.78 is 0. The fraction of sp³-hybridized carbons (Fsp3) is 0.571. The molecule has 2 N–H and O–H groups in total. The number of nitrogens with zero attached hydrogens (tertiary/aromatic N) is 4. The topological polar surface area (TPSA) is 90.5 Å². The maximum Gasteiger partial charge on any atom is 0.242 e. The SMILES string of the molecule is CC1C(=O)NCCN1c1cc(N2CCNC(=O)C2C)ncn1. The molecule has 8 heteroatoms. The number of rotatable bonds is 2. The molecule has 0 aliphatic carbocycles. The highest BCUT2D eigenvalue weighted by molar-refractivity contribution is 5.87. The number of hydrogen-bond acceptors (Lipinski definition) is 6. The first-order valence-electron chi connectivity index (χ1n) is 7.48. The lowest BCUT2D eigenvalue weighted by atomic mass is 10.2. The van der Waals surface area contributed by atoms with Crippen molar-refractivity contribution in [3.63, 3.8) is 0 Å². The maximum atomic E-state index is 11.8. The van der Waals surface area contributed by atoms with E-state index in [1.165, 1.54) is 6.33 Å². The van der Waals surface area contributed by atoms with Gasteiger partial charge in [-0.15, -0.1) is 0 Å². The Morgan fingerprint density at radius 2 is 1.41 bits per heavy atom. The van der Waals surface area contributed by atoms with Crippen molar-refractivity contribution in [3.8, 4) is 0 Å². The van der Waals surface area contributed by atoms with Gasteiger partial charge in [0.2, 0.25) is 11.8 Å². The number of carbonyl (C=O) groups excluding carboxylic acids is 2. The van der Waals surface area contributed by atoms with E-state index in [-0.39, 0.29) is 23.9 Å². The van der Waals surface area contributed by atoms with Gasteiger partial charge in [0, 0.05) is 32.2 Å². The Hall–Kier alpha value is -2.38. The van der Waals surface area contributed by atoms with Gasteiger partial charge >= 0.3 is 0 Å². The van der Waals surface area contributed by atoms with E-state index in [0.29, 0.717) is 37.8 Å². The molecule has 2 amide bonds. The van der Waals surface area contributed by atoms with E-state index in [1.54, 1.807) is 0 Å². The molecule has 2 fully saturated rings. The second kappa shape index (κ2) is 5.78. The molecule has 0 aromatic carbocycles. The van der Waals surface area contributed by atoms with Crippen LogP contribution in [0.4, 0.5) is 11.6 Å². The summed E-state index contributed by atoms with van der Waals surface area (Å²) in [6, 6.07) is 1.32. The van der Waals surface area contributed by atoms with Gasteiger partial charge in [0.15, 0.2) is 0 Å². The summed E-state index contributed by atoms with van der Waals surface area (Å²) >= 11 is 0. The molecule has 2 saturated heterocycles. The zero-order chi connectivity index (χ0) is 15.7. The van der Waals surface area contributed by atoms with Crippen LogP contribution < -0.4 is 20.4 Å². The average Bonchev–Trinajstić information content (AvgIpc) is 2.53. The van der Waals surface area contributed by atoms with Crippen molar-refractivity contribution in [2.45, 2.75) is 25.9 Å². The monoisotopic (exact) mass is 304 g/mol. The number of aromatic nitrogens is 2. The molecule has 2 atom stereocenters. The number of nitrogens with one attached hydrogen (secondary N) is 2. The van der Waals surface area contributed by atoms with Crippen molar-refractivity contribution >= 4 is 23.5 Å². The lowest BCUT2D eigenvalue weighted by Gasteiger charge is -2.36. The summed E-state index contributed by atoms with van der Waals surface area (Å²) in [6.07, 6.45) is 1.49. The molecule has 1 aromatic heterocycles. The number of carbonyl (C=O) groups is 2. The minimum absolute atomic E-state index is 0.00266. The normalized spacial score (nSPS) is 25.7. The van der Waals surface area contributed by atoms with Gasteiger partial charge in [0.1, 0.15) is 30.0 Å². The number of hydrogen-bond donors (Lipinski definition) is 2. The van der Waals surface area contributed by atoms with Gasteiger partial charge in [0.05, 0.1) is 0 Å². The summed E-state index contributed by atoms with van der Waals surface area (Å²) in [4.78, 5) is 36.1. The number of amides is 2. The van der Waals surface area contributed by atoms with Crippen LogP contribution in [0.3, 0.4) is 0 Å². The minimum atomic E-state index is -0.265. The first-order valence-corrected chi connectivity index (χ1v) is 7.48. The van der Waals surface area contributed by atoms with Crippen molar-refractivity contribution in [1.29, 1.82) is 0 Å². The predicted octanol–water partition coefficient (Wildman–Crippen LogP) is -0.874. The fourth-order valence-corrected chi connectivity index (χ4v) is 2.84. The Balaban J connectivity index is 1.86. The molecule has 3 rings (SSSR count). The third-order valence-electron chi connectivity index (χ3n) is 4.22.